The maximum absolute atomic E-state index is 15.6. The zero-order valence-electron chi connectivity index (χ0n) is 14.1. The number of aryl methyl sites for hydroxylation is 1. The first-order valence-electron chi connectivity index (χ1n) is 7.93. The summed E-state index contributed by atoms with van der Waals surface area (Å²) >= 11 is 0. The second-order valence-corrected chi connectivity index (χ2v) is 6.25. The van der Waals surface area contributed by atoms with Gasteiger partial charge in [-0.15, -0.1) is 0 Å². The number of benzene rings is 2. The molecule has 4 nitrogen and oxygen atoms in total. The van der Waals surface area contributed by atoms with E-state index in [1.54, 1.807) is 32.4 Å². The van der Waals surface area contributed by atoms with Gasteiger partial charge in [-0.2, -0.15) is 0 Å². The topological polar surface area (TPSA) is 50.7 Å². The number of hydrogen-bond acceptors (Lipinski definition) is 4. The van der Waals surface area contributed by atoms with E-state index in [1.165, 1.54) is 0 Å². The second-order valence-electron chi connectivity index (χ2n) is 6.25. The fourth-order valence-electron chi connectivity index (χ4n) is 3.30. The highest BCUT2D eigenvalue weighted by molar-refractivity contribution is 5.46. The van der Waals surface area contributed by atoms with Crippen molar-refractivity contribution in [1.29, 1.82) is 0 Å². The standard InChI is InChI=1S/C19H22FNO3/c1-12-8-14(22)5-7-17(12)24-18-16-9-15(23-3)6-4-13(16)10-19(18,20)11-21-2/h4-9,18,21-22H,10-11H2,1-3H3. The summed E-state index contributed by atoms with van der Waals surface area (Å²) in [5.74, 6) is 1.40. The van der Waals surface area contributed by atoms with Crippen molar-refractivity contribution in [1.82, 2.24) is 5.32 Å². The lowest BCUT2D eigenvalue weighted by molar-refractivity contribution is 0.0227. The van der Waals surface area contributed by atoms with Crippen molar-refractivity contribution in [3.63, 3.8) is 0 Å². The fraction of sp³-hybridized carbons (Fsp3) is 0.368. The Morgan fingerprint density at radius 2 is 2.08 bits per heavy atom. The van der Waals surface area contributed by atoms with E-state index in [9.17, 15) is 5.11 Å². The van der Waals surface area contributed by atoms with Gasteiger partial charge in [-0.05, 0) is 55.4 Å². The largest absolute Gasteiger partial charge is 0.508 e. The minimum Gasteiger partial charge on any atom is -0.508 e. The van der Waals surface area contributed by atoms with Gasteiger partial charge in [-0.1, -0.05) is 6.07 Å². The Bertz CT molecular complexity index is 749. The Labute approximate surface area is 141 Å². The van der Waals surface area contributed by atoms with E-state index in [2.05, 4.69) is 5.32 Å². The Hall–Kier alpha value is -2.27. The Morgan fingerprint density at radius 3 is 2.75 bits per heavy atom. The Morgan fingerprint density at radius 1 is 1.29 bits per heavy atom. The molecule has 0 amide bonds. The van der Waals surface area contributed by atoms with Gasteiger partial charge in [0.15, 0.2) is 11.8 Å². The maximum Gasteiger partial charge on any atom is 0.168 e. The van der Waals surface area contributed by atoms with Crippen LogP contribution in [0.5, 0.6) is 17.2 Å². The van der Waals surface area contributed by atoms with E-state index < -0.39 is 11.8 Å². The van der Waals surface area contributed by atoms with Gasteiger partial charge in [0, 0.05) is 18.5 Å². The molecule has 2 aromatic rings. The van der Waals surface area contributed by atoms with Crippen LogP contribution in [0.3, 0.4) is 0 Å². The van der Waals surface area contributed by atoms with Crippen LogP contribution >= 0.6 is 0 Å². The van der Waals surface area contributed by atoms with Crippen molar-refractivity contribution in [3.05, 3.63) is 53.1 Å². The van der Waals surface area contributed by atoms with E-state index >= 15 is 4.39 Å². The van der Waals surface area contributed by atoms with E-state index in [0.29, 0.717) is 11.5 Å². The minimum atomic E-state index is -1.55. The Balaban J connectivity index is 2.01. The number of aromatic hydroxyl groups is 1. The molecule has 2 atom stereocenters. The number of alkyl halides is 1. The van der Waals surface area contributed by atoms with Crippen LogP contribution in [0.15, 0.2) is 36.4 Å². The van der Waals surface area contributed by atoms with Crippen LogP contribution in [0.2, 0.25) is 0 Å². The molecule has 24 heavy (non-hydrogen) atoms. The summed E-state index contributed by atoms with van der Waals surface area (Å²) in [4.78, 5) is 0. The number of phenolic OH excluding ortho intramolecular Hbond substituents is 1. The number of hydrogen-bond donors (Lipinski definition) is 2. The molecule has 1 aliphatic carbocycles. The van der Waals surface area contributed by atoms with Crippen LogP contribution in [0.25, 0.3) is 0 Å². The first kappa shape index (κ1) is 16.6. The lowest BCUT2D eigenvalue weighted by atomic mass is 9.99. The molecule has 2 aromatic carbocycles. The van der Waals surface area contributed by atoms with Gasteiger partial charge in [0.2, 0.25) is 0 Å². The Kier molecular flexibility index (Phi) is 4.37. The van der Waals surface area contributed by atoms with Gasteiger partial charge in [0.25, 0.3) is 0 Å². The zero-order valence-corrected chi connectivity index (χ0v) is 14.1. The van der Waals surface area contributed by atoms with Crippen LogP contribution in [-0.2, 0) is 6.42 Å². The predicted octanol–water partition coefficient (Wildman–Crippen LogP) is 3.31. The third-order valence-corrected chi connectivity index (χ3v) is 4.46. The van der Waals surface area contributed by atoms with Crippen molar-refractivity contribution >= 4 is 0 Å². The molecule has 0 saturated carbocycles. The van der Waals surface area contributed by atoms with E-state index in [0.717, 1.165) is 16.7 Å². The highest BCUT2D eigenvalue weighted by atomic mass is 19.1. The number of methoxy groups -OCH3 is 1. The van der Waals surface area contributed by atoms with Crippen LogP contribution in [-0.4, -0.2) is 31.5 Å². The van der Waals surface area contributed by atoms with Gasteiger partial charge in [0.1, 0.15) is 17.2 Å². The van der Waals surface area contributed by atoms with Crippen LogP contribution < -0.4 is 14.8 Å². The summed E-state index contributed by atoms with van der Waals surface area (Å²) in [7, 11) is 3.32. The van der Waals surface area contributed by atoms with E-state index in [-0.39, 0.29) is 18.7 Å². The summed E-state index contributed by atoms with van der Waals surface area (Å²) in [6, 6.07) is 10.4. The third-order valence-electron chi connectivity index (χ3n) is 4.46. The smallest absolute Gasteiger partial charge is 0.168 e. The summed E-state index contributed by atoms with van der Waals surface area (Å²) in [6.07, 6.45) is -0.451. The summed E-state index contributed by atoms with van der Waals surface area (Å²) in [6.45, 7) is 2.01. The van der Waals surface area contributed by atoms with Crippen LogP contribution in [0.4, 0.5) is 4.39 Å². The lowest BCUT2D eigenvalue weighted by Gasteiger charge is -2.29. The van der Waals surface area contributed by atoms with Crippen molar-refractivity contribution in [2.75, 3.05) is 20.7 Å². The molecule has 0 bridgehead atoms. The summed E-state index contributed by atoms with van der Waals surface area (Å²) in [5, 5.41) is 12.5. The normalized spacial score (nSPS) is 22.2. The number of fused-ring (bicyclic) bond motifs is 1. The SMILES string of the molecule is CNCC1(F)Cc2ccc(OC)cc2C1Oc1ccc(O)cc1C. The molecule has 0 fully saturated rings. The molecule has 1 aliphatic rings. The molecule has 0 aliphatic heterocycles. The van der Waals surface area contributed by atoms with Crippen molar-refractivity contribution < 1.29 is 19.0 Å². The quantitative estimate of drug-likeness (QED) is 0.882. The number of nitrogens with one attached hydrogen (secondary N) is 1. The monoisotopic (exact) mass is 331 g/mol. The van der Waals surface area contributed by atoms with Crippen molar-refractivity contribution in [3.8, 4) is 17.2 Å². The van der Waals surface area contributed by atoms with E-state index in [4.69, 9.17) is 9.47 Å². The van der Waals surface area contributed by atoms with Crippen LogP contribution in [0.1, 0.15) is 22.8 Å². The lowest BCUT2D eigenvalue weighted by Crippen LogP contribution is -2.41. The average molecular weight is 331 g/mol. The predicted molar refractivity (Wildman–Crippen MR) is 90.7 cm³/mol. The number of ether oxygens (including phenoxy) is 2. The maximum atomic E-state index is 15.6. The third kappa shape index (κ3) is 2.91. The first-order chi connectivity index (χ1) is 11.5. The van der Waals surface area contributed by atoms with Crippen molar-refractivity contribution in [2.24, 2.45) is 0 Å². The molecule has 3 rings (SSSR count). The first-order valence-corrected chi connectivity index (χ1v) is 7.93. The van der Waals surface area contributed by atoms with Gasteiger partial charge in [-0.3, -0.25) is 0 Å². The molecule has 0 radical (unpaired) electrons. The van der Waals surface area contributed by atoms with Gasteiger partial charge in [0.05, 0.1) is 7.11 Å². The summed E-state index contributed by atoms with van der Waals surface area (Å²) in [5.41, 5.74) is 0.945. The van der Waals surface area contributed by atoms with Crippen LogP contribution in [0, 0.1) is 6.92 Å². The molecule has 128 valence electrons. The zero-order chi connectivity index (χ0) is 17.3. The second kappa shape index (κ2) is 6.32. The molecule has 0 spiro atoms. The number of halogens is 1. The molecule has 5 heteroatoms. The number of rotatable bonds is 5. The molecule has 2 unspecified atom stereocenters. The molecule has 2 N–H and O–H groups in total. The van der Waals surface area contributed by atoms with E-state index in [1.807, 2.05) is 25.1 Å². The highest BCUT2D eigenvalue weighted by Gasteiger charge is 2.48. The highest BCUT2D eigenvalue weighted by Crippen LogP contribution is 2.46. The molecular formula is C19H22FNO3. The van der Waals surface area contributed by atoms with Gasteiger partial charge >= 0.3 is 0 Å². The summed E-state index contributed by atoms with van der Waals surface area (Å²) < 4.78 is 27.0. The molecule has 0 aromatic heterocycles. The average Bonchev–Trinajstić information content (AvgIpc) is 2.81. The van der Waals surface area contributed by atoms with Crippen molar-refractivity contribution in [2.45, 2.75) is 25.1 Å². The number of phenols is 1. The van der Waals surface area contributed by atoms with Gasteiger partial charge < -0.3 is 19.9 Å². The fourth-order valence-corrected chi connectivity index (χ4v) is 3.30. The van der Waals surface area contributed by atoms with Gasteiger partial charge in [-0.25, -0.2) is 4.39 Å². The minimum absolute atomic E-state index is 0.162. The molecule has 0 heterocycles. The molecule has 0 saturated heterocycles. The molecular weight excluding hydrogens is 309 g/mol.